The Balaban J connectivity index is 1.38. The molecule has 1 amide bonds. The average molecular weight is 506 g/mol. The second-order valence-corrected chi connectivity index (χ2v) is 9.85. The molecule has 0 atom stereocenters. The van der Waals surface area contributed by atoms with Crippen molar-refractivity contribution in [3.63, 3.8) is 0 Å². The van der Waals surface area contributed by atoms with Crippen LogP contribution in [0.5, 0.6) is 0 Å². The molecule has 4 aromatic rings. The zero-order valence-corrected chi connectivity index (χ0v) is 21.3. The fraction of sp³-hybridized carbons (Fsp3) is 0.300. The lowest BCUT2D eigenvalue weighted by atomic mass is 9.72. The number of benzene rings is 3. The summed E-state index contributed by atoms with van der Waals surface area (Å²) in [6, 6.07) is 30.5. The molecule has 1 saturated heterocycles. The van der Waals surface area contributed by atoms with Gasteiger partial charge in [0.2, 0.25) is 5.91 Å². The van der Waals surface area contributed by atoms with Gasteiger partial charge in [0.1, 0.15) is 6.54 Å². The van der Waals surface area contributed by atoms with Crippen molar-refractivity contribution < 1.29 is 4.79 Å². The molecule has 1 aromatic heterocycles. The highest BCUT2D eigenvalue weighted by Gasteiger charge is 2.44. The number of nitrogens with zero attached hydrogens (tertiary/aromatic N) is 6. The van der Waals surface area contributed by atoms with Gasteiger partial charge in [0, 0.05) is 24.1 Å². The molecule has 1 aliphatic heterocycles. The van der Waals surface area contributed by atoms with Gasteiger partial charge in [0.15, 0.2) is 5.82 Å². The Labute approximate surface area is 222 Å². The quantitative estimate of drug-likeness (QED) is 0.349. The van der Waals surface area contributed by atoms with E-state index in [1.165, 1.54) is 4.80 Å². The van der Waals surface area contributed by atoms with Gasteiger partial charge >= 0.3 is 0 Å². The van der Waals surface area contributed by atoms with Crippen LogP contribution in [-0.4, -0.2) is 50.6 Å². The molecule has 0 radical (unpaired) electrons. The third-order valence-electron chi connectivity index (χ3n) is 7.70. The van der Waals surface area contributed by atoms with E-state index in [-0.39, 0.29) is 6.54 Å². The minimum atomic E-state index is -0.741. The van der Waals surface area contributed by atoms with Gasteiger partial charge < -0.3 is 10.6 Å². The van der Waals surface area contributed by atoms with Crippen molar-refractivity contribution in [3.8, 4) is 0 Å². The van der Waals surface area contributed by atoms with Gasteiger partial charge in [0.05, 0.1) is 5.41 Å². The van der Waals surface area contributed by atoms with E-state index < -0.39 is 16.9 Å². The van der Waals surface area contributed by atoms with Gasteiger partial charge in [-0.05, 0) is 36.7 Å². The summed E-state index contributed by atoms with van der Waals surface area (Å²) < 4.78 is 0. The van der Waals surface area contributed by atoms with Crippen molar-refractivity contribution >= 4 is 5.91 Å². The first-order valence-electron chi connectivity index (χ1n) is 12.9. The van der Waals surface area contributed by atoms with E-state index in [2.05, 4.69) is 61.6 Å². The van der Waals surface area contributed by atoms with E-state index in [4.69, 9.17) is 12.3 Å². The van der Waals surface area contributed by atoms with Crippen molar-refractivity contribution in [2.24, 2.45) is 5.73 Å². The molecular weight excluding hydrogens is 474 g/mol. The number of likely N-dealkylation sites (tertiary alicyclic amines) is 1. The summed E-state index contributed by atoms with van der Waals surface area (Å²) in [5, 5.41) is 13.0. The number of carbonyl (C=O) groups is 1. The molecule has 1 aliphatic rings. The summed E-state index contributed by atoms with van der Waals surface area (Å²) in [6.45, 7) is 10.6. The second kappa shape index (κ2) is 11.0. The van der Waals surface area contributed by atoms with Crippen molar-refractivity contribution in [1.82, 2.24) is 25.1 Å². The summed E-state index contributed by atoms with van der Waals surface area (Å²) in [4.78, 5) is 19.4. The monoisotopic (exact) mass is 505 g/mol. The molecule has 38 heavy (non-hydrogen) atoms. The third kappa shape index (κ3) is 4.93. The lowest BCUT2D eigenvalue weighted by Crippen LogP contribution is -2.45. The first-order chi connectivity index (χ1) is 18.6. The minimum Gasteiger partial charge on any atom is -0.368 e. The second-order valence-electron chi connectivity index (χ2n) is 9.85. The standard InChI is InChI=1S/C30H31N7O/c1-32-30(25-13-7-3-8-14-25,26-15-9-4-10-16-26)19-22-36-20-17-29(18-21-36,24-11-5-2-6-12-24)28-33-35-37(34-28)23-27(31)38/h2-16H,17-23H2,(H2,31,38). The molecule has 1 fully saturated rings. The molecule has 192 valence electrons. The number of hydrogen-bond donors (Lipinski definition) is 1. The Kier molecular flexibility index (Phi) is 7.29. The van der Waals surface area contributed by atoms with Gasteiger partial charge in [-0.1, -0.05) is 91.0 Å². The van der Waals surface area contributed by atoms with Gasteiger partial charge in [-0.15, -0.1) is 10.2 Å². The molecule has 0 unspecified atom stereocenters. The predicted molar refractivity (Wildman–Crippen MR) is 145 cm³/mol. The average Bonchev–Trinajstić information content (AvgIpc) is 3.44. The van der Waals surface area contributed by atoms with E-state index in [0.717, 1.165) is 49.2 Å². The SMILES string of the molecule is [C-]#[N+]C(CCN1CCC(c2ccccc2)(c2nnn(CC(N)=O)n2)CC1)(c1ccccc1)c1ccccc1. The van der Waals surface area contributed by atoms with Gasteiger partial charge in [-0.2, -0.15) is 4.80 Å². The Hall–Kier alpha value is -4.35. The molecule has 8 heteroatoms. The summed E-state index contributed by atoms with van der Waals surface area (Å²) in [5.74, 6) is 0.117. The lowest BCUT2D eigenvalue weighted by Gasteiger charge is -2.40. The van der Waals surface area contributed by atoms with E-state index in [9.17, 15) is 4.79 Å². The van der Waals surface area contributed by atoms with Crippen LogP contribution in [0.3, 0.4) is 0 Å². The Bertz CT molecular complexity index is 1350. The van der Waals surface area contributed by atoms with Crippen LogP contribution in [0.15, 0.2) is 91.0 Å². The van der Waals surface area contributed by atoms with Crippen molar-refractivity contribution in [2.75, 3.05) is 19.6 Å². The van der Waals surface area contributed by atoms with Gasteiger partial charge in [-0.3, -0.25) is 9.64 Å². The number of hydrogen-bond acceptors (Lipinski definition) is 5. The maximum Gasteiger partial charge on any atom is 0.283 e. The maximum atomic E-state index is 11.4. The Morgan fingerprint density at radius 2 is 1.47 bits per heavy atom. The van der Waals surface area contributed by atoms with Crippen LogP contribution < -0.4 is 5.73 Å². The number of tetrazole rings is 1. The number of nitrogens with two attached hydrogens (primary N) is 1. The topological polar surface area (TPSA) is 94.3 Å². The summed E-state index contributed by atoms with van der Waals surface area (Å²) in [5.41, 5.74) is 7.39. The third-order valence-corrected chi connectivity index (χ3v) is 7.70. The summed E-state index contributed by atoms with van der Waals surface area (Å²) >= 11 is 0. The molecule has 0 bridgehead atoms. The van der Waals surface area contributed by atoms with Crippen LogP contribution in [0.1, 0.15) is 41.8 Å². The fourth-order valence-electron chi connectivity index (χ4n) is 5.59. The van der Waals surface area contributed by atoms with E-state index in [0.29, 0.717) is 12.2 Å². The van der Waals surface area contributed by atoms with Gasteiger partial charge in [-0.25, -0.2) is 6.57 Å². The normalized spacial score (nSPS) is 15.6. The van der Waals surface area contributed by atoms with Gasteiger partial charge in [0.25, 0.3) is 5.54 Å². The van der Waals surface area contributed by atoms with E-state index in [1.807, 2.05) is 54.6 Å². The maximum absolute atomic E-state index is 11.4. The first kappa shape index (κ1) is 25.3. The molecule has 0 saturated carbocycles. The summed E-state index contributed by atoms with van der Waals surface area (Å²) in [6.07, 6.45) is 2.30. The van der Waals surface area contributed by atoms with Crippen molar-refractivity contribution in [1.29, 1.82) is 0 Å². The largest absolute Gasteiger partial charge is 0.368 e. The first-order valence-corrected chi connectivity index (χ1v) is 12.9. The number of piperidine rings is 1. The smallest absolute Gasteiger partial charge is 0.283 e. The highest BCUT2D eigenvalue weighted by atomic mass is 16.1. The summed E-state index contributed by atoms with van der Waals surface area (Å²) in [7, 11) is 0. The predicted octanol–water partition coefficient (Wildman–Crippen LogP) is 3.79. The van der Waals surface area contributed by atoms with Crippen LogP contribution >= 0.6 is 0 Å². The van der Waals surface area contributed by atoms with E-state index >= 15 is 0 Å². The molecule has 3 aromatic carbocycles. The van der Waals surface area contributed by atoms with Crippen LogP contribution in [-0.2, 0) is 22.3 Å². The van der Waals surface area contributed by atoms with Crippen molar-refractivity contribution in [3.05, 3.63) is 125 Å². The number of amides is 1. The lowest BCUT2D eigenvalue weighted by molar-refractivity contribution is -0.119. The van der Waals surface area contributed by atoms with Crippen LogP contribution in [0.4, 0.5) is 0 Å². The molecule has 0 spiro atoms. The molecule has 2 heterocycles. The number of aromatic nitrogens is 4. The number of rotatable bonds is 9. The van der Waals surface area contributed by atoms with E-state index in [1.54, 1.807) is 0 Å². The Morgan fingerprint density at radius 1 is 0.921 bits per heavy atom. The highest BCUT2D eigenvalue weighted by Crippen LogP contribution is 2.41. The van der Waals surface area contributed by atoms with Crippen LogP contribution in [0.25, 0.3) is 4.85 Å². The number of primary amides is 1. The molecule has 8 nitrogen and oxygen atoms in total. The molecule has 5 rings (SSSR count). The van der Waals surface area contributed by atoms with Crippen LogP contribution in [0, 0.1) is 6.57 Å². The fourth-order valence-corrected chi connectivity index (χ4v) is 5.59. The highest BCUT2D eigenvalue weighted by molar-refractivity contribution is 5.73. The molecular formula is C30H31N7O. The number of carbonyl (C=O) groups excluding carboxylic acids is 1. The minimum absolute atomic E-state index is 0.0956. The molecule has 2 N–H and O–H groups in total. The van der Waals surface area contributed by atoms with Crippen LogP contribution in [0.2, 0.25) is 0 Å². The Morgan fingerprint density at radius 3 is 2.00 bits per heavy atom. The zero-order chi connectivity index (χ0) is 26.4. The van der Waals surface area contributed by atoms with Crippen molar-refractivity contribution in [2.45, 2.75) is 36.8 Å². The zero-order valence-electron chi connectivity index (χ0n) is 21.3. The molecule has 0 aliphatic carbocycles.